The molecular formula is C28H30N4O6S. The average molecular weight is 551 g/mol. The number of nitrogens with zero attached hydrogens (tertiary/aromatic N) is 3. The zero-order valence-electron chi connectivity index (χ0n) is 22.0. The largest absolute Gasteiger partial charge is 0.493 e. The van der Waals surface area contributed by atoms with Crippen LogP contribution < -0.4 is 9.46 Å². The van der Waals surface area contributed by atoms with Crippen LogP contribution in [0.2, 0.25) is 0 Å². The number of sulfonamides is 1. The van der Waals surface area contributed by atoms with Gasteiger partial charge < -0.3 is 18.8 Å². The second kappa shape index (κ2) is 10.6. The molecule has 0 saturated heterocycles. The van der Waals surface area contributed by atoms with E-state index in [2.05, 4.69) is 14.7 Å². The van der Waals surface area contributed by atoms with Crippen LogP contribution in [0.15, 0.2) is 58.1 Å². The molecule has 0 amide bonds. The summed E-state index contributed by atoms with van der Waals surface area (Å²) in [7, 11) is -2.11. The third-order valence-corrected chi connectivity index (χ3v) is 8.21. The van der Waals surface area contributed by atoms with Gasteiger partial charge in [0.25, 0.3) is 10.0 Å². The normalized spacial score (nSPS) is 14.8. The summed E-state index contributed by atoms with van der Waals surface area (Å²) in [5, 5.41) is 9.07. The highest BCUT2D eigenvalue weighted by atomic mass is 32.2. The number of aliphatic carboxylic acids is 1. The van der Waals surface area contributed by atoms with Gasteiger partial charge in [-0.1, -0.05) is 12.1 Å². The quantitative estimate of drug-likeness (QED) is 0.292. The molecule has 5 rings (SSSR count). The summed E-state index contributed by atoms with van der Waals surface area (Å²) in [4.78, 5) is 19.8. The lowest BCUT2D eigenvalue weighted by Crippen LogP contribution is -2.13. The molecule has 10 nitrogen and oxygen atoms in total. The fourth-order valence-electron chi connectivity index (χ4n) is 4.82. The molecule has 0 bridgehead atoms. The number of rotatable bonds is 10. The summed E-state index contributed by atoms with van der Waals surface area (Å²) in [5.41, 5.74) is 4.01. The predicted molar refractivity (Wildman–Crippen MR) is 144 cm³/mol. The van der Waals surface area contributed by atoms with Crippen LogP contribution in [-0.2, 0) is 34.7 Å². The lowest BCUT2D eigenvalue weighted by molar-refractivity contribution is -0.137. The topological polar surface area (TPSA) is 137 Å². The Morgan fingerprint density at radius 2 is 2.03 bits per heavy atom. The minimum atomic E-state index is -3.84. The van der Waals surface area contributed by atoms with Gasteiger partial charge in [-0.05, 0) is 74.1 Å². The number of imidazole rings is 1. The molecule has 2 N–H and O–H groups in total. The number of aromatic nitrogens is 3. The smallest absolute Gasteiger partial charge is 0.303 e. The molecular weight excluding hydrogens is 520 g/mol. The standard InChI is InChI=1S/C28H30N4O6S/c1-17-25(11-12-37-23-9-10-24-19(14-23)7-8-20(24)15-27(33)34)30-28(38-17)21-5-4-6-22(13-21)31-39(35,36)26-16-32(3)18(2)29-26/h4-6,9-10,13-14,16,20,31H,7-8,11-12,15H2,1-3H3,(H,33,34)/t20-/m0/s1. The van der Waals surface area contributed by atoms with E-state index in [-0.39, 0.29) is 17.4 Å². The first-order valence-corrected chi connectivity index (χ1v) is 14.1. The van der Waals surface area contributed by atoms with Gasteiger partial charge in [-0.25, -0.2) is 9.97 Å². The van der Waals surface area contributed by atoms with E-state index in [0.29, 0.717) is 41.8 Å². The molecule has 0 fully saturated rings. The maximum atomic E-state index is 12.8. The monoisotopic (exact) mass is 550 g/mol. The molecule has 11 heteroatoms. The second-order valence-corrected chi connectivity index (χ2v) is 11.4. The Hall–Kier alpha value is -4.12. The number of benzene rings is 2. The average Bonchev–Trinajstić information content (AvgIpc) is 3.56. The SMILES string of the molecule is Cc1oc(-c2cccc(NS(=O)(=O)c3cn(C)c(C)n3)c2)nc1CCOc1ccc2c(c1)CC[C@H]2CC(=O)O. The van der Waals surface area contributed by atoms with Gasteiger partial charge >= 0.3 is 5.97 Å². The van der Waals surface area contributed by atoms with Crippen molar-refractivity contribution in [3.63, 3.8) is 0 Å². The first-order valence-electron chi connectivity index (χ1n) is 12.7. The van der Waals surface area contributed by atoms with Crippen molar-refractivity contribution in [1.29, 1.82) is 0 Å². The minimum absolute atomic E-state index is 0.0504. The van der Waals surface area contributed by atoms with Gasteiger partial charge in [0.15, 0.2) is 5.03 Å². The van der Waals surface area contributed by atoms with Gasteiger partial charge in [0.2, 0.25) is 5.89 Å². The van der Waals surface area contributed by atoms with Crippen molar-refractivity contribution in [1.82, 2.24) is 14.5 Å². The molecule has 2 heterocycles. The number of nitrogens with one attached hydrogen (secondary N) is 1. The maximum Gasteiger partial charge on any atom is 0.303 e. The van der Waals surface area contributed by atoms with E-state index in [1.807, 2.05) is 25.1 Å². The molecule has 0 radical (unpaired) electrons. The number of aryl methyl sites for hydroxylation is 4. The molecule has 1 atom stereocenters. The molecule has 0 unspecified atom stereocenters. The van der Waals surface area contributed by atoms with Crippen LogP contribution in [0.5, 0.6) is 5.75 Å². The lowest BCUT2D eigenvalue weighted by atomic mass is 9.98. The van der Waals surface area contributed by atoms with Crippen molar-refractivity contribution in [3.8, 4) is 17.2 Å². The number of carboxylic acid groups (broad SMARTS) is 1. The highest BCUT2D eigenvalue weighted by Gasteiger charge is 2.25. The molecule has 0 spiro atoms. The van der Waals surface area contributed by atoms with Crippen molar-refractivity contribution >= 4 is 21.7 Å². The molecule has 39 heavy (non-hydrogen) atoms. The fraction of sp³-hybridized carbons (Fsp3) is 0.321. The summed E-state index contributed by atoms with van der Waals surface area (Å²) in [6.07, 6.45) is 3.84. The van der Waals surface area contributed by atoms with Crippen molar-refractivity contribution in [2.75, 3.05) is 11.3 Å². The minimum Gasteiger partial charge on any atom is -0.493 e. The Morgan fingerprint density at radius 1 is 1.21 bits per heavy atom. The van der Waals surface area contributed by atoms with Crippen LogP contribution in [0.4, 0.5) is 5.69 Å². The van der Waals surface area contributed by atoms with E-state index in [4.69, 9.17) is 14.3 Å². The van der Waals surface area contributed by atoms with Gasteiger partial charge in [0.05, 0.1) is 18.7 Å². The second-order valence-electron chi connectivity index (χ2n) is 9.74. The molecule has 4 aromatic rings. The number of anilines is 1. The predicted octanol–water partition coefficient (Wildman–Crippen LogP) is 4.62. The van der Waals surface area contributed by atoms with Crippen LogP contribution in [-0.4, -0.2) is 40.6 Å². The van der Waals surface area contributed by atoms with Gasteiger partial charge in [0, 0.05) is 30.9 Å². The lowest BCUT2D eigenvalue weighted by Gasteiger charge is -2.10. The number of carbonyl (C=O) groups is 1. The molecule has 2 aromatic heterocycles. The van der Waals surface area contributed by atoms with E-state index in [0.717, 1.165) is 35.4 Å². The third-order valence-electron chi connectivity index (χ3n) is 6.96. The maximum absolute atomic E-state index is 12.8. The van der Waals surface area contributed by atoms with Gasteiger partial charge in [0.1, 0.15) is 17.3 Å². The zero-order chi connectivity index (χ0) is 27.7. The number of ether oxygens (including phenoxy) is 1. The van der Waals surface area contributed by atoms with Crippen molar-refractivity contribution in [2.45, 2.75) is 50.5 Å². The summed E-state index contributed by atoms with van der Waals surface area (Å²) in [6.45, 7) is 3.96. The molecule has 1 aliphatic carbocycles. The highest BCUT2D eigenvalue weighted by molar-refractivity contribution is 7.92. The van der Waals surface area contributed by atoms with Crippen LogP contribution in [0.25, 0.3) is 11.5 Å². The first kappa shape index (κ1) is 26.5. The Labute approximate surface area is 226 Å². The summed E-state index contributed by atoms with van der Waals surface area (Å²) in [5.74, 6) is 1.68. The van der Waals surface area contributed by atoms with E-state index in [1.54, 1.807) is 42.8 Å². The number of oxazole rings is 1. The van der Waals surface area contributed by atoms with Gasteiger partial charge in [-0.2, -0.15) is 8.42 Å². The van der Waals surface area contributed by atoms with Gasteiger partial charge in [-0.15, -0.1) is 0 Å². The number of fused-ring (bicyclic) bond motifs is 1. The Kier molecular flexibility index (Phi) is 7.17. The van der Waals surface area contributed by atoms with Crippen LogP contribution >= 0.6 is 0 Å². The highest BCUT2D eigenvalue weighted by Crippen LogP contribution is 2.37. The van der Waals surface area contributed by atoms with E-state index in [9.17, 15) is 13.2 Å². The third kappa shape index (κ3) is 5.83. The van der Waals surface area contributed by atoms with Crippen molar-refractivity contribution in [2.24, 2.45) is 7.05 Å². The Morgan fingerprint density at radius 3 is 2.77 bits per heavy atom. The van der Waals surface area contributed by atoms with Crippen molar-refractivity contribution < 1.29 is 27.5 Å². The summed E-state index contributed by atoms with van der Waals surface area (Å²) in [6, 6.07) is 12.7. The van der Waals surface area contributed by atoms with E-state index < -0.39 is 16.0 Å². The molecule has 0 aliphatic heterocycles. The molecule has 0 saturated carbocycles. The Bertz CT molecular complexity index is 1620. The van der Waals surface area contributed by atoms with Crippen LogP contribution in [0, 0.1) is 13.8 Å². The number of hydrogen-bond donors (Lipinski definition) is 2. The van der Waals surface area contributed by atoms with Crippen LogP contribution in [0.1, 0.15) is 47.2 Å². The zero-order valence-corrected chi connectivity index (χ0v) is 22.8. The first-order chi connectivity index (χ1) is 18.6. The summed E-state index contributed by atoms with van der Waals surface area (Å²) < 4.78 is 41.6. The van der Waals surface area contributed by atoms with Gasteiger partial charge in [-0.3, -0.25) is 9.52 Å². The molecule has 1 aliphatic rings. The number of hydrogen-bond acceptors (Lipinski definition) is 7. The van der Waals surface area contributed by atoms with E-state index >= 15 is 0 Å². The van der Waals surface area contributed by atoms with E-state index in [1.165, 1.54) is 6.20 Å². The summed E-state index contributed by atoms with van der Waals surface area (Å²) >= 11 is 0. The Balaban J connectivity index is 1.23. The molecule has 204 valence electrons. The molecule has 2 aromatic carbocycles. The fourth-order valence-corrected chi connectivity index (χ4v) is 5.91. The van der Waals surface area contributed by atoms with Crippen molar-refractivity contribution in [3.05, 3.63) is 77.1 Å². The van der Waals surface area contributed by atoms with Crippen LogP contribution in [0.3, 0.4) is 0 Å². The number of carboxylic acids is 1.